The molecule has 0 bridgehead atoms. The monoisotopic (exact) mass is 687 g/mol. The highest BCUT2D eigenvalue weighted by Crippen LogP contribution is 2.52. The molecule has 6 rings (SSSR count). The largest absolute Gasteiger partial charge is 0.472 e. The molecule has 4 aromatic heterocycles. The SMILES string of the molecule is COP(=O)(O)OC[C@H]1O[C@@H](n2cnc3c(N)ccnc32)[C@H](C)[C@@H]1OP(=O)(O)OC[C@@H]1C[C@@H](O)[C@H](n2cnc3c(=O)[nH]c(N)nc32)O1. The van der Waals surface area contributed by atoms with E-state index in [-0.39, 0.29) is 23.5 Å². The molecule has 2 aliphatic heterocycles. The molecule has 2 fully saturated rings. The normalized spacial score (nSPS) is 29.4. The van der Waals surface area contributed by atoms with E-state index < -0.39 is 77.2 Å². The van der Waals surface area contributed by atoms with Gasteiger partial charge in [0.25, 0.3) is 5.56 Å². The van der Waals surface area contributed by atoms with Crippen LogP contribution in [0.3, 0.4) is 0 Å². The molecule has 9 atom stereocenters. The lowest BCUT2D eigenvalue weighted by molar-refractivity contribution is -0.0557. The van der Waals surface area contributed by atoms with Crippen molar-refractivity contribution in [2.75, 3.05) is 31.8 Å². The molecular weight excluding hydrogens is 656 g/mol. The smallest absolute Gasteiger partial charge is 0.397 e. The standard InChI is InChI=1S/C23H31N9O12P2/c1-10-17(14(7-41-45(35,36)39-2)43-21(10)31-8-27-15-12(24)3-4-26-18(15)31)44-46(37,38)40-6-11-5-13(33)22(42-11)32-9-28-16-19(32)29-23(25)30-20(16)34/h3-4,8-11,13-14,17,21-22,33H,5-7H2,1-2H3,(H2,24,26)(H,35,36)(H,37,38)(H3,25,29,30,34)/t10-,11+,13-,14-,17+,21-,22-/m1/s1. The van der Waals surface area contributed by atoms with E-state index in [1.807, 2.05) is 0 Å². The Labute approximate surface area is 258 Å². The Morgan fingerprint density at radius 2 is 1.72 bits per heavy atom. The van der Waals surface area contributed by atoms with Crippen LogP contribution in [0.25, 0.3) is 22.3 Å². The third-order valence-corrected chi connectivity index (χ3v) is 9.54. The predicted molar refractivity (Wildman–Crippen MR) is 156 cm³/mol. The van der Waals surface area contributed by atoms with E-state index in [4.69, 9.17) is 34.5 Å². The Hall–Kier alpha value is -3.33. The van der Waals surface area contributed by atoms with Crippen LogP contribution < -0.4 is 17.0 Å². The van der Waals surface area contributed by atoms with Crippen LogP contribution in [0.15, 0.2) is 29.7 Å². The number of hydrogen-bond acceptors (Lipinski definition) is 16. The number of imidazole rings is 2. The molecule has 2 unspecified atom stereocenters. The van der Waals surface area contributed by atoms with Crippen LogP contribution in [0.4, 0.5) is 11.6 Å². The van der Waals surface area contributed by atoms with Crippen molar-refractivity contribution in [1.29, 1.82) is 0 Å². The fourth-order valence-corrected chi connectivity index (χ4v) is 6.93. The van der Waals surface area contributed by atoms with Gasteiger partial charge in [-0.15, -0.1) is 0 Å². The van der Waals surface area contributed by atoms with Gasteiger partial charge in [0.15, 0.2) is 23.0 Å². The average molecular weight is 687 g/mol. The second-order valence-electron chi connectivity index (χ2n) is 10.7. The van der Waals surface area contributed by atoms with Gasteiger partial charge in [0, 0.05) is 25.6 Å². The van der Waals surface area contributed by atoms with Gasteiger partial charge in [-0.05, 0) is 6.07 Å². The summed E-state index contributed by atoms with van der Waals surface area (Å²) >= 11 is 0. The fourth-order valence-electron chi connectivity index (χ4n) is 5.44. The molecule has 46 heavy (non-hydrogen) atoms. The zero-order chi connectivity index (χ0) is 33.0. The number of hydrogen-bond donors (Lipinski definition) is 6. The summed E-state index contributed by atoms with van der Waals surface area (Å²) < 4.78 is 60.3. The van der Waals surface area contributed by atoms with Gasteiger partial charge in [0.1, 0.15) is 30.1 Å². The molecule has 23 heteroatoms. The summed E-state index contributed by atoms with van der Waals surface area (Å²) in [6.07, 6.45) is -2.18. The first-order valence-corrected chi connectivity index (χ1v) is 16.7. The summed E-state index contributed by atoms with van der Waals surface area (Å²) in [5.74, 6) is -0.850. The van der Waals surface area contributed by atoms with E-state index in [0.717, 1.165) is 7.11 Å². The zero-order valence-corrected chi connectivity index (χ0v) is 26.0. The van der Waals surface area contributed by atoms with Crippen molar-refractivity contribution in [2.24, 2.45) is 5.92 Å². The Morgan fingerprint density at radius 3 is 2.46 bits per heavy atom. The third kappa shape index (κ3) is 6.32. The summed E-state index contributed by atoms with van der Waals surface area (Å²) in [7, 11) is -8.34. The molecule has 0 amide bonds. The molecule has 21 nitrogen and oxygen atoms in total. The lowest BCUT2D eigenvalue weighted by Gasteiger charge is -2.24. The van der Waals surface area contributed by atoms with Crippen molar-refractivity contribution in [3.8, 4) is 0 Å². The molecule has 0 radical (unpaired) electrons. The Morgan fingerprint density at radius 1 is 1.02 bits per heavy atom. The van der Waals surface area contributed by atoms with Crippen LogP contribution in [-0.4, -0.2) is 93.7 Å². The minimum absolute atomic E-state index is 0.0167. The minimum Gasteiger partial charge on any atom is -0.397 e. The molecule has 0 spiro atoms. The molecule has 250 valence electrons. The minimum atomic E-state index is -4.87. The van der Waals surface area contributed by atoms with Crippen LogP contribution in [0.5, 0.6) is 0 Å². The van der Waals surface area contributed by atoms with Gasteiger partial charge in [-0.1, -0.05) is 6.92 Å². The quantitative estimate of drug-likeness (QED) is 0.115. The molecule has 6 heterocycles. The number of phosphoric acid groups is 2. The second kappa shape index (κ2) is 12.4. The van der Waals surface area contributed by atoms with Gasteiger partial charge >= 0.3 is 15.6 Å². The number of aromatic amines is 1. The van der Waals surface area contributed by atoms with Gasteiger partial charge in [0.05, 0.1) is 37.7 Å². The predicted octanol–water partition coefficient (Wildman–Crippen LogP) is 0.176. The summed E-state index contributed by atoms with van der Waals surface area (Å²) in [4.78, 5) is 51.6. The van der Waals surface area contributed by atoms with E-state index in [1.165, 1.54) is 23.4 Å². The number of ether oxygens (including phenoxy) is 2. The van der Waals surface area contributed by atoms with Gasteiger partial charge in [-0.3, -0.25) is 37.0 Å². The number of rotatable bonds is 11. The average Bonchev–Trinajstić information content (AvgIpc) is 3.77. The van der Waals surface area contributed by atoms with E-state index in [0.29, 0.717) is 16.9 Å². The highest BCUT2D eigenvalue weighted by molar-refractivity contribution is 7.47. The number of pyridine rings is 1. The number of nitrogens with zero attached hydrogens (tertiary/aromatic N) is 6. The number of fused-ring (bicyclic) bond motifs is 2. The Balaban J connectivity index is 1.16. The lowest BCUT2D eigenvalue weighted by atomic mass is 10.0. The van der Waals surface area contributed by atoms with Crippen LogP contribution in [-0.2, 0) is 36.7 Å². The maximum absolute atomic E-state index is 13.2. The Kier molecular flexibility index (Phi) is 8.76. The number of anilines is 2. The molecule has 0 aliphatic carbocycles. The first-order valence-electron chi connectivity index (χ1n) is 13.7. The summed E-state index contributed by atoms with van der Waals surface area (Å²) in [6.45, 7) is 0.612. The van der Waals surface area contributed by atoms with E-state index >= 15 is 0 Å². The number of aliphatic hydroxyl groups is 1. The maximum atomic E-state index is 13.2. The van der Waals surface area contributed by atoms with Crippen molar-refractivity contribution in [3.05, 3.63) is 35.3 Å². The molecular formula is C23H31N9O12P2. The lowest BCUT2D eigenvalue weighted by Crippen LogP contribution is -2.32. The number of nitrogens with two attached hydrogens (primary N) is 2. The number of nitrogens with one attached hydrogen (secondary N) is 1. The molecule has 4 aromatic rings. The number of phosphoric ester groups is 2. The molecule has 2 saturated heterocycles. The topological polar surface area (TPSA) is 297 Å². The number of aromatic nitrogens is 7. The summed E-state index contributed by atoms with van der Waals surface area (Å²) in [5, 5.41) is 10.7. The third-order valence-electron chi connectivity index (χ3n) is 7.62. The highest BCUT2D eigenvalue weighted by Gasteiger charge is 2.49. The van der Waals surface area contributed by atoms with E-state index in [9.17, 15) is 28.8 Å². The fraction of sp³-hybridized carbons (Fsp3) is 0.522. The van der Waals surface area contributed by atoms with Crippen LogP contribution in [0.2, 0.25) is 0 Å². The summed E-state index contributed by atoms with van der Waals surface area (Å²) in [6, 6.07) is 1.57. The zero-order valence-electron chi connectivity index (χ0n) is 24.2. The highest BCUT2D eigenvalue weighted by atomic mass is 31.2. The molecule has 8 N–H and O–H groups in total. The second-order valence-corrected chi connectivity index (χ2v) is 13.6. The maximum Gasteiger partial charge on any atom is 0.472 e. The van der Waals surface area contributed by atoms with Gasteiger partial charge in [-0.25, -0.2) is 24.1 Å². The first-order chi connectivity index (χ1) is 21.8. The van der Waals surface area contributed by atoms with Gasteiger partial charge in [0.2, 0.25) is 5.95 Å². The van der Waals surface area contributed by atoms with Crippen molar-refractivity contribution < 1.29 is 51.6 Å². The molecule has 0 saturated carbocycles. The molecule has 2 aliphatic rings. The van der Waals surface area contributed by atoms with Crippen molar-refractivity contribution in [1.82, 2.24) is 34.1 Å². The first kappa shape index (κ1) is 32.6. The van der Waals surface area contributed by atoms with Gasteiger partial charge < -0.3 is 35.8 Å². The summed E-state index contributed by atoms with van der Waals surface area (Å²) in [5.41, 5.74) is 12.3. The number of H-pyrrole nitrogens is 1. The van der Waals surface area contributed by atoms with E-state index in [1.54, 1.807) is 17.6 Å². The Bertz CT molecular complexity index is 1900. The van der Waals surface area contributed by atoms with Gasteiger partial charge in [-0.2, -0.15) is 4.98 Å². The van der Waals surface area contributed by atoms with Crippen molar-refractivity contribution in [3.63, 3.8) is 0 Å². The molecule has 0 aromatic carbocycles. The van der Waals surface area contributed by atoms with Crippen LogP contribution in [0.1, 0.15) is 25.8 Å². The van der Waals surface area contributed by atoms with Crippen LogP contribution >= 0.6 is 15.6 Å². The van der Waals surface area contributed by atoms with E-state index in [2.05, 4.69) is 29.4 Å². The van der Waals surface area contributed by atoms with Crippen LogP contribution in [0, 0.1) is 5.92 Å². The van der Waals surface area contributed by atoms with Crippen molar-refractivity contribution in [2.45, 2.75) is 50.2 Å². The number of nitrogen functional groups attached to an aromatic ring is 2. The number of aliphatic hydroxyl groups excluding tert-OH is 1. The van der Waals surface area contributed by atoms with Crippen molar-refractivity contribution >= 4 is 49.6 Å².